The van der Waals surface area contributed by atoms with Gasteiger partial charge in [-0.15, -0.1) is 0 Å². The largest absolute Gasteiger partial charge is 0.372 e. The zero-order valence-electron chi connectivity index (χ0n) is 20.7. The number of hydrogen-bond acceptors (Lipinski definition) is 3. The molecule has 0 fully saturated rings. The maximum atomic E-state index is 6.39. The maximum absolute atomic E-state index is 6.39. The third kappa shape index (κ3) is 7.57. The lowest BCUT2D eigenvalue weighted by molar-refractivity contribution is 0.0304. The lowest BCUT2D eigenvalue weighted by atomic mass is 10.00. The van der Waals surface area contributed by atoms with E-state index in [1.54, 1.807) is 0 Å². The summed E-state index contributed by atoms with van der Waals surface area (Å²) < 4.78 is 6.39. The summed E-state index contributed by atoms with van der Waals surface area (Å²) in [5.74, 6) is 0. The summed E-state index contributed by atoms with van der Waals surface area (Å²) in [5.41, 5.74) is 5.05. The molecule has 0 amide bonds. The Kier molecular flexibility index (Phi) is 10.9. The van der Waals surface area contributed by atoms with E-state index in [9.17, 15) is 0 Å². The molecule has 0 heterocycles. The molecule has 0 aliphatic rings. The van der Waals surface area contributed by atoms with Crippen LogP contribution in [0.3, 0.4) is 0 Å². The highest BCUT2D eigenvalue weighted by atomic mass is 16.5. The Morgan fingerprint density at radius 2 is 0.903 bits per heavy atom. The molecule has 172 valence electrons. The Balaban J connectivity index is 2.27. The van der Waals surface area contributed by atoms with Crippen LogP contribution < -0.4 is 9.80 Å². The van der Waals surface area contributed by atoms with Crippen LogP contribution in [-0.2, 0) is 4.74 Å². The normalized spacial score (nSPS) is 11.4. The SMILES string of the molecule is CCCN(CCC)c1ccc(C(OC(C)C)c2ccc(N(CCC)CCC)cc2)cc1. The Labute approximate surface area is 191 Å². The van der Waals surface area contributed by atoms with Gasteiger partial charge in [-0.2, -0.15) is 0 Å². The van der Waals surface area contributed by atoms with Crippen LogP contribution in [0.2, 0.25) is 0 Å². The first-order chi connectivity index (χ1) is 15.0. The van der Waals surface area contributed by atoms with E-state index in [1.807, 2.05) is 0 Å². The fourth-order valence-electron chi connectivity index (χ4n) is 4.16. The minimum absolute atomic E-state index is 0.0419. The van der Waals surface area contributed by atoms with Crippen molar-refractivity contribution in [3.05, 3.63) is 59.7 Å². The molecule has 0 aliphatic carbocycles. The number of nitrogens with zero attached hydrogens (tertiary/aromatic N) is 2. The molecule has 0 saturated carbocycles. The molecule has 3 nitrogen and oxygen atoms in total. The number of benzene rings is 2. The van der Waals surface area contributed by atoms with E-state index >= 15 is 0 Å². The molecular weight excluding hydrogens is 380 g/mol. The van der Waals surface area contributed by atoms with Crippen LogP contribution >= 0.6 is 0 Å². The van der Waals surface area contributed by atoms with Crippen LogP contribution in [0.1, 0.15) is 84.5 Å². The number of rotatable bonds is 14. The summed E-state index contributed by atoms with van der Waals surface area (Å²) in [4.78, 5) is 4.96. The van der Waals surface area contributed by atoms with Crippen molar-refractivity contribution in [1.29, 1.82) is 0 Å². The third-order valence-electron chi connectivity index (χ3n) is 5.50. The van der Waals surface area contributed by atoms with Gasteiger partial charge in [0, 0.05) is 37.6 Å². The van der Waals surface area contributed by atoms with E-state index in [0.29, 0.717) is 0 Å². The molecule has 0 N–H and O–H groups in total. The average Bonchev–Trinajstić information content (AvgIpc) is 2.77. The van der Waals surface area contributed by atoms with Crippen molar-refractivity contribution in [3.63, 3.8) is 0 Å². The van der Waals surface area contributed by atoms with E-state index in [0.717, 1.165) is 26.2 Å². The predicted molar refractivity (Wildman–Crippen MR) is 137 cm³/mol. The van der Waals surface area contributed by atoms with Crippen molar-refractivity contribution in [2.24, 2.45) is 0 Å². The molecule has 0 spiro atoms. The van der Waals surface area contributed by atoms with Crippen molar-refractivity contribution in [3.8, 4) is 0 Å². The lowest BCUT2D eigenvalue weighted by Gasteiger charge is -2.27. The molecule has 0 aromatic heterocycles. The van der Waals surface area contributed by atoms with E-state index in [-0.39, 0.29) is 12.2 Å². The number of ether oxygens (including phenoxy) is 1. The molecule has 2 aromatic rings. The van der Waals surface area contributed by atoms with Gasteiger partial charge in [0.05, 0.1) is 6.10 Å². The summed E-state index contributed by atoms with van der Waals surface area (Å²) >= 11 is 0. The van der Waals surface area contributed by atoms with Crippen LogP contribution in [-0.4, -0.2) is 32.3 Å². The van der Waals surface area contributed by atoms with E-state index < -0.39 is 0 Å². The van der Waals surface area contributed by atoms with Crippen molar-refractivity contribution in [2.45, 2.75) is 79.4 Å². The highest BCUT2D eigenvalue weighted by Crippen LogP contribution is 2.30. The number of hydrogen-bond donors (Lipinski definition) is 0. The Bertz CT molecular complexity index is 652. The van der Waals surface area contributed by atoms with E-state index in [2.05, 4.69) is 99.9 Å². The molecule has 0 atom stereocenters. The Morgan fingerprint density at radius 1 is 0.581 bits per heavy atom. The van der Waals surface area contributed by atoms with Gasteiger partial charge < -0.3 is 14.5 Å². The van der Waals surface area contributed by atoms with Gasteiger partial charge in [0.15, 0.2) is 0 Å². The van der Waals surface area contributed by atoms with Crippen molar-refractivity contribution in [2.75, 3.05) is 36.0 Å². The predicted octanol–water partition coefficient (Wildman–Crippen LogP) is 7.45. The molecule has 0 radical (unpaired) electrons. The van der Waals surface area contributed by atoms with Crippen molar-refractivity contribution < 1.29 is 4.74 Å². The minimum atomic E-state index is -0.0419. The summed E-state index contributed by atoms with van der Waals surface area (Å²) in [7, 11) is 0. The molecule has 0 aliphatic heterocycles. The minimum Gasteiger partial charge on any atom is -0.372 e. The van der Waals surface area contributed by atoms with Gasteiger partial charge in [-0.1, -0.05) is 52.0 Å². The summed E-state index contributed by atoms with van der Waals surface area (Å²) in [5, 5.41) is 0. The van der Waals surface area contributed by atoms with Gasteiger partial charge in [0.2, 0.25) is 0 Å². The molecule has 2 aromatic carbocycles. The smallest absolute Gasteiger partial charge is 0.108 e. The first-order valence-corrected chi connectivity index (χ1v) is 12.4. The van der Waals surface area contributed by atoms with Gasteiger partial charge in [-0.25, -0.2) is 0 Å². The lowest BCUT2D eigenvalue weighted by Crippen LogP contribution is -2.25. The highest BCUT2D eigenvalue weighted by molar-refractivity contribution is 5.51. The molecule has 31 heavy (non-hydrogen) atoms. The van der Waals surface area contributed by atoms with Crippen molar-refractivity contribution >= 4 is 11.4 Å². The summed E-state index contributed by atoms with van der Waals surface area (Å²) in [6.07, 6.45) is 4.79. The van der Waals surface area contributed by atoms with Crippen molar-refractivity contribution in [1.82, 2.24) is 0 Å². The second-order valence-corrected chi connectivity index (χ2v) is 8.72. The highest BCUT2D eigenvalue weighted by Gasteiger charge is 2.18. The van der Waals surface area contributed by atoms with Crippen LogP contribution in [0.25, 0.3) is 0 Å². The second kappa shape index (κ2) is 13.4. The molecule has 3 heteroatoms. The Hall–Kier alpha value is -2.00. The Morgan fingerprint density at radius 3 is 1.16 bits per heavy atom. The number of anilines is 2. The molecule has 0 saturated heterocycles. The van der Waals surface area contributed by atoms with Crippen LogP contribution in [0.15, 0.2) is 48.5 Å². The molecule has 0 bridgehead atoms. The van der Waals surface area contributed by atoms with Gasteiger partial charge in [0.25, 0.3) is 0 Å². The quantitative estimate of drug-likeness (QED) is 0.313. The molecular formula is C28H44N2O. The van der Waals surface area contributed by atoms with Gasteiger partial charge in [-0.3, -0.25) is 0 Å². The monoisotopic (exact) mass is 424 g/mol. The maximum Gasteiger partial charge on any atom is 0.108 e. The molecule has 0 unspecified atom stereocenters. The van der Waals surface area contributed by atoms with Gasteiger partial charge >= 0.3 is 0 Å². The van der Waals surface area contributed by atoms with E-state index in [1.165, 1.54) is 48.2 Å². The fourth-order valence-corrected chi connectivity index (χ4v) is 4.16. The van der Waals surface area contributed by atoms with Crippen LogP contribution in [0, 0.1) is 0 Å². The summed E-state index contributed by atoms with van der Waals surface area (Å²) in [6, 6.07) is 18.0. The van der Waals surface area contributed by atoms with Crippen LogP contribution in [0.4, 0.5) is 11.4 Å². The zero-order valence-corrected chi connectivity index (χ0v) is 20.7. The van der Waals surface area contributed by atoms with E-state index in [4.69, 9.17) is 4.74 Å². The molecule has 2 rings (SSSR count). The summed E-state index contributed by atoms with van der Waals surface area (Å²) in [6.45, 7) is 17.6. The standard InChI is InChI=1S/C28H44N2O/c1-7-19-29(20-8-2)26-15-11-24(12-16-26)28(31-23(5)6)25-13-17-27(18-14-25)30(21-9-3)22-10-4/h11-18,23,28H,7-10,19-22H2,1-6H3. The van der Waals surface area contributed by atoms with Gasteiger partial charge in [-0.05, 0) is 74.9 Å². The second-order valence-electron chi connectivity index (χ2n) is 8.72. The average molecular weight is 425 g/mol. The zero-order chi connectivity index (χ0) is 22.6. The first-order valence-electron chi connectivity index (χ1n) is 12.4. The topological polar surface area (TPSA) is 15.7 Å². The van der Waals surface area contributed by atoms with Crippen LogP contribution in [0.5, 0.6) is 0 Å². The third-order valence-corrected chi connectivity index (χ3v) is 5.50. The fraction of sp³-hybridized carbons (Fsp3) is 0.571. The first kappa shape index (κ1) is 25.3. The van der Waals surface area contributed by atoms with Gasteiger partial charge in [0.1, 0.15) is 6.10 Å².